The van der Waals surface area contributed by atoms with E-state index in [-0.39, 0.29) is 34.3 Å². The first-order chi connectivity index (χ1) is 11.4. The van der Waals surface area contributed by atoms with Crippen molar-refractivity contribution in [2.45, 2.75) is 18.0 Å². The summed E-state index contributed by atoms with van der Waals surface area (Å²) >= 11 is 7.46. The third-order valence-electron chi connectivity index (χ3n) is 3.67. The first kappa shape index (κ1) is 16.7. The number of nitro benzene ring substituents is 1. The summed E-state index contributed by atoms with van der Waals surface area (Å²) < 4.78 is 5.18. The summed E-state index contributed by atoms with van der Waals surface area (Å²) in [4.78, 5) is 35.5. The van der Waals surface area contributed by atoms with Crippen LogP contribution in [0.1, 0.15) is 5.56 Å². The van der Waals surface area contributed by atoms with Crippen LogP contribution in [0.15, 0.2) is 35.0 Å². The van der Waals surface area contributed by atoms with Crippen molar-refractivity contribution in [2.75, 3.05) is 5.75 Å². The van der Waals surface area contributed by atoms with Crippen LogP contribution < -0.4 is 5.73 Å². The van der Waals surface area contributed by atoms with Crippen LogP contribution in [0, 0.1) is 10.1 Å². The molecule has 1 amide bonds. The number of hydrogen-bond acceptors (Lipinski definition) is 7. The molecule has 1 fully saturated rings. The van der Waals surface area contributed by atoms with Gasteiger partial charge in [-0.05, 0) is 17.7 Å². The number of carbonyl (C=O) groups is 2. The van der Waals surface area contributed by atoms with E-state index >= 15 is 0 Å². The van der Waals surface area contributed by atoms with Gasteiger partial charge >= 0.3 is 5.97 Å². The lowest BCUT2D eigenvalue weighted by Gasteiger charge is -2.47. The predicted molar refractivity (Wildman–Crippen MR) is 86.8 cm³/mol. The second kappa shape index (κ2) is 6.42. The number of thioether (sulfide) groups is 1. The van der Waals surface area contributed by atoms with Gasteiger partial charge in [-0.3, -0.25) is 19.8 Å². The summed E-state index contributed by atoms with van der Waals surface area (Å²) in [7, 11) is 0. The van der Waals surface area contributed by atoms with E-state index in [1.807, 2.05) is 0 Å². The summed E-state index contributed by atoms with van der Waals surface area (Å²) in [6.07, 6.45) is 0. The fraction of sp³-hybridized carbons (Fsp3) is 0.286. The van der Waals surface area contributed by atoms with Crippen LogP contribution in [-0.2, 0) is 20.9 Å². The Balaban J connectivity index is 1.68. The molecule has 0 radical (unpaired) electrons. The maximum absolute atomic E-state index is 12.3. The highest BCUT2D eigenvalue weighted by molar-refractivity contribution is 8.00. The van der Waals surface area contributed by atoms with Crippen LogP contribution in [-0.4, -0.2) is 38.9 Å². The van der Waals surface area contributed by atoms with Crippen molar-refractivity contribution in [3.8, 4) is 0 Å². The van der Waals surface area contributed by atoms with Gasteiger partial charge in [-0.15, -0.1) is 11.8 Å². The minimum absolute atomic E-state index is 0.0222. The number of carbonyl (C=O) groups excluding carboxylic acids is 2. The van der Waals surface area contributed by atoms with E-state index in [1.165, 1.54) is 40.9 Å². The van der Waals surface area contributed by atoms with Crippen LogP contribution in [0.2, 0.25) is 0 Å². The molecule has 10 heteroatoms. The number of nitrogens with two attached hydrogens (primary N) is 1. The molecular formula is C14H12ClN3O5S. The van der Waals surface area contributed by atoms with Crippen molar-refractivity contribution in [1.82, 2.24) is 4.90 Å². The minimum Gasteiger partial charge on any atom is -0.456 e. The van der Waals surface area contributed by atoms with Crippen molar-refractivity contribution in [3.05, 3.63) is 50.7 Å². The van der Waals surface area contributed by atoms with E-state index in [0.29, 0.717) is 11.3 Å². The number of esters is 1. The topological polar surface area (TPSA) is 116 Å². The summed E-state index contributed by atoms with van der Waals surface area (Å²) in [5.74, 6) is -0.706. The summed E-state index contributed by atoms with van der Waals surface area (Å²) in [5.41, 5.74) is 6.26. The minimum atomic E-state index is -0.719. The third-order valence-corrected chi connectivity index (χ3v) is 5.45. The molecule has 0 spiro atoms. The number of amides is 1. The van der Waals surface area contributed by atoms with Gasteiger partial charge in [-0.2, -0.15) is 0 Å². The van der Waals surface area contributed by atoms with Crippen LogP contribution in [0.4, 0.5) is 5.69 Å². The lowest BCUT2D eigenvalue weighted by atomic mass is 10.1. The Bertz CT molecular complexity index is 751. The smallest absolute Gasteiger partial charge is 0.356 e. The lowest BCUT2D eigenvalue weighted by Crippen LogP contribution is -2.68. The molecule has 24 heavy (non-hydrogen) atoms. The van der Waals surface area contributed by atoms with Gasteiger partial charge in [0.2, 0.25) is 5.91 Å². The number of non-ortho nitro benzene ring substituents is 1. The Morgan fingerprint density at radius 1 is 1.46 bits per heavy atom. The molecule has 2 N–H and O–H groups in total. The van der Waals surface area contributed by atoms with Crippen LogP contribution >= 0.6 is 23.4 Å². The molecule has 1 aromatic rings. The van der Waals surface area contributed by atoms with Gasteiger partial charge in [0, 0.05) is 17.9 Å². The molecule has 1 saturated heterocycles. The van der Waals surface area contributed by atoms with Gasteiger partial charge in [0.05, 0.1) is 9.96 Å². The summed E-state index contributed by atoms with van der Waals surface area (Å²) in [6.45, 7) is -0.0869. The maximum atomic E-state index is 12.3. The van der Waals surface area contributed by atoms with Gasteiger partial charge < -0.3 is 10.5 Å². The molecule has 0 bridgehead atoms. The highest BCUT2D eigenvalue weighted by Crippen LogP contribution is 2.40. The Hall–Kier alpha value is -2.10. The molecule has 0 aromatic heterocycles. The molecule has 2 aliphatic rings. The molecule has 126 valence electrons. The molecule has 2 aliphatic heterocycles. The second-order valence-corrected chi connectivity index (χ2v) is 6.75. The highest BCUT2D eigenvalue weighted by Gasteiger charge is 2.52. The Kier molecular flexibility index (Phi) is 4.48. The third kappa shape index (κ3) is 2.85. The quantitative estimate of drug-likeness (QED) is 0.368. The fourth-order valence-corrected chi connectivity index (χ4v) is 3.89. The van der Waals surface area contributed by atoms with Gasteiger partial charge in [0.1, 0.15) is 23.7 Å². The average molecular weight is 370 g/mol. The molecule has 3 rings (SSSR count). The molecule has 0 aliphatic carbocycles. The number of ether oxygens (including phenoxy) is 1. The first-order valence-electron chi connectivity index (χ1n) is 6.89. The summed E-state index contributed by atoms with van der Waals surface area (Å²) in [6, 6.07) is 4.98. The largest absolute Gasteiger partial charge is 0.456 e. The van der Waals surface area contributed by atoms with Gasteiger partial charge in [-0.1, -0.05) is 11.6 Å². The zero-order chi connectivity index (χ0) is 17.4. The van der Waals surface area contributed by atoms with Gasteiger partial charge in [-0.25, -0.2) is 4.79 Å². The first-order valence-corrected chi connectivity index (χ1v) is 8.32. The number of β-lactam (4-membered cyclic amide) rings is 1. The maximum Gasteiger partial charge on any atom is 0.356 e. The predicted octanol–water partition coefficient (Wildman–Crippen LogP) is 1.33. The van der Waals surface area contributed by atoms with Crippen molar-refractivity contribution in [3.63, 3.8) is 0 Å². The van der Waals surface area contributed by atoms with Crippen LogP contribution in [0.25, 0.3) is 0 Å². The van der Waals surface area contributed by atoms with E-state index in [0.717, 1.165) is 0 Å². The van der Waals surface area contributed by atoms with E-state index in [9.17, 15) is 19.7 Å². The van der Waals surface area contributed by atoms with Gasteiger partial charge in [0.15, 0.2) is 0 Å². The molecule has 8 nitrogen and oxygen atoms in total. The molecule has 2 heterocycles. The lowest BCUT2D eigenvalue weighted by molar-refractivity contribution is -0.384. The molecule has 0 unspecified atom stereocenters. The number of halogens is 1. The zero-order valence-electron chi connectivity index (χ0n) is 12.2. The highest BCUT2D eigenvalue weighted by atomic mass is 35.5. The van der Waals surface area contributed by atoms with Crippen LogP contribution in [0.3, 0.4) is 0 Å². The van der Waals surface area contributed by atoms with Crippen molar-refractivity contribution >= 4 is 40.9 Å². The van der Waals surface area contributed by atoms with Crippen LogP contribution in [0.5, 0.6) is 0 Å². The van der Waals surface area contributed by atoms with E-state index in [4.69, 9.17) is 22.1 Å². The Morgan fingerprint density at radius 2 is 2.12 bits per heavy atom. The number of fused-ring (bicyclic) bond motifs is 1. The summed E-state index contributed by atoms with van der Waals surface area (Å²) in [5, 5.41) is 10.5. The number of benzene rings is 1. The number of nitro groups is 1. The fourth-order valence-electron chi connectivity index (χ4n) is 2.40. The Labute approximate surface area is 145 Å². The second-order valence-electron chi connectivity index (χ2n) is 5.19. The van der Waals surface area contributed by atoms with Crippen molar-refractivity contribution in [2.24, 2.45) is 5.73 Å². The number of hydrogen-bond donors (Lipinski definition) is 1. The zero-order valence-corrected chi connectivity index (χ0v) is 13.7. The molecule has 2 atom stereocenters. The standard InChI is InChI=1S/C14H12ClN3O5S/c15-9-6-24-13-10(16)12(19)17(13)11(9)14(20)23-5-7-1-3-8(4-2-7)18(21)22/h1-4,10,13H,5-6,16H2/t10-,13-/m0/s1. The molecular weight excluding hydrogens is 358 g/mol. The van der Waals surface area contributed by atoms with E-state index in [2.05, 4.69) is 0 Å². The van der Waals surface area contributed by atoms with E-state index < -0.39 is 16.9 Å². The normalized spacial score (nSPS) is 22.8. The number of rotatable bonds is 4. The Morgan fingerprint density at radius 3 is 2.75 bits per heavy atom. The molecule has 0 saturated carbocycles. The SMILES string of the molecule is N[C@H]1C(=O)N2C(C(=O)OCc3ccc([N+](=O)[O-])cc3)=C(Cl)CS[C@@H]12. The van der Waals surface area contributed by atoms with E-state index in [1.54, 1.807) is 0 Å². The van der Waals surface area contributed by atoms with Crippen molar-refractivity contribution in [1.29, 1.82) is 0 Å². The average Bonchev–Trinajstić information content (AvgIpc) is 2.59. The molecule has 1 aromatic carbocycles. The number of nitrogens with zero attached hydrogens (tertiary/aromatic N) is 2. The monoisotopic (exact) mass is 369 g/mol. The van der Waals surface area contributed by atoms with Crippen molar-refractivity contribution < 1.29 is 19.2 Å². The van der Waals surface area contributed by atoms with Gasteiger partial charge in [0.25, 0.3) is 5.69 Å².